The molecular weight excluding hydrogens is 221 g/mol. The molecule has 0 spiro atoms. The van der Waals surface area contributed by atoms with E-state index in [1.807, 2.05) is 24.3 Å². The van der Waals surface area contributed by atoms with Crippen molar-refractivity contribution in [3.05, 3.63) is 54.3 Å². The van der Waals surface area contributed by atoms with E-state index in [0.717, 1.165) is 11.1 Å². The molecule has 0 aromatic heterocycles. The lowest BCUT2D eigenvalue weighted by Gasteiger charge is -2.04. The van der Waals surface area contributed by atoms with Gasteiger partial charge in [0.2, 0.25) is 0 Å². The normalized spacial score (nSPS) is 9.19. The van der Waals surface area contributed by atoms with Crippen molar-refractivity contribution in [2.45, 2.75) is 0 Å². The Morgan fingerprint density at radius 1 is 1.00 bits per heavy atom. The van der Waals surface area contributed by atoms with Crippen molar-refractivity contribution in [2.24, 2.45) is 0 Å². The van der Waals surface area contributed by atoms with Crippen LogP contribution in [0.15, 0.2) is 48.5 Å². The fourth-order valence-electron chi connectivity index (χ4n) is 1.42. The van der Waals surface area contributed by atoms with Crippen LogP contribution in [-0.4, -0.2) is 6.26 Å². The minimum absolute atomic E-state index is 0.245. The molecule has 84 valence electrons. The zero-order chi connectivity index (χ0) is 12.0. The number of anilines is 1. The van der Waals surface area contributed by atoms with Crippen molar-refractivity contribution in [3.8, 4) is 11.1 Å². The van der Waals surface area contributed by atoms with E-state index in [-0.39, 0.29) is 5.82 Å². The van der Waals surface area contributed by atoms with Gasteiger partial charge in [0.1, 0.15) is 5.82 Å². The van der Waals surface area contributed by atoms with E-state index in [0.29, 0.717) is 5.69 Å². The standard InChI is InChI=1S/C12H10FN.CH4S/c13-10-5-3-4-9(8-10)11-6-1-2-7-12(11)14;1-2/h1-8H,14H2;2H,1H3. The Bertz CT molecular complexity index is 457. The summed E-state index contributed by atoms with van der Waals surface area (Å²) in [6, 6.07) is 13.8. The summed E-state index contributed by atoms with van der Waals surface area (Å²) in [5.41, 5.74) is 8.12. The minimum Gasteiger partial charge on any atom is -0.398 e. The van der Waals surface area contributed by atoms with Gasteiger partial charge in [0.15, 0.2) is 0 Å². The molecular formula is C13H14FNS. The number of halogens is 1. The summed E-state index contributed by atoms with van der Waals surface area (Å²) in [6.45, 7) is 0. The molecule has 0 amide bonds. The maximum absolute atomic E-state index is 12.9. The predicted molar refractivity (Wildman–Crippen MR) is 71.2 cm³/mol. The number of para-hydroxylation sites is 1. The van der Waals surface area contributed by atoms with Crippen LogP contribution in [0.4, 0.5) is 10.1 Å². The largest absolute Gasteiger partial charge is 0.398 e. The molecule has 0 saturated heterocycles. The van der Waals surface area contributed by atoms with Gasteiger partial charge in [0.25, 0.3) is 0 Å². The van der Waals surface area contributed by atoms with Crippen LogP contribution < -0.4 is 5.73 Å². The Kier molecular flexibility index (Phi) is 4.86. The van der Waals surface area contributed by atoms with Crippen molar-refractivity contribution in [1.82, 2.24) is 0 Å². The number of thiol groups is 1. The van der Waals surface area contributed by atoms with E-state index in [2.05, 4.69) is 12.6 Å². The van der Waals surface area contributed by atoms with E-state index in [4.69, 9.17) is 5.73 Å². The van der Waals surface area contributed by atoms with Crippen molar-refractivity contribution in [3.63, 3.8) is 0 Å². The van der Waals surface area contributed by atoms with Gasteiger partial charge in [0, 0.05) is 11.3 Å². The molecule has 2 aromatic rings. The molecule has 0 bridgehead atoms. The quantitative estimate of drug-likeness (QED) is 0.573. The van der Waals surface area contributed by atoms with Crippen LogP contribution >= 0.6 is 12.6 Å². The first-order valence-corrected chi connectivity index (χ1v) is 5.72. The number of rotatable bonds is 1. The zero-order valence-corrected chi connectivity index (χ0v) is 9.92. The molecule has 16 heavy (non-hydrogen) atoms. The molecule has 2 aromatic carbocycles. The highest BCUT2D eigenvalue weighted by atomic mass is 32.1. The molecule has 0 aliphatic carbocycles. The summed E-state index contributed by atoms with van der Waals surface area (Å²) < 4.78 is 12.9. The van der Waals surface area contributed by atoms with Crippen molar-refractivity contribution in [1.29, 1.82) is 0 Å². The molecule has 0 heterocycles. The Labute approximate surface area is 101 Å². The van der Waals surface area contributed by atoms with Gasteiger partial charge in [-0.2, -0.15) is 12.6 Å². The summed E-state index contributed by atoms with van der Waals surface area (Å²) in [4.78, 5) is 0. The molecule has 0 fully saturated rings. The smallest absolute Gasteiger partial charge is 0.123 e. The Hall–Kier alpha value is -1.48. The van der Waals surface area contributed by atoms with Gasteiger partial charge in [-0.25, -0.2) is 4.39 Å². The van der Waals surface area contributed by atoms with Crippen molar-refractivity contribution in [2.75, 3.05) is 12.0 Å². The average molecular weight is 235 g/mol. The van der Waals surface area contributed by atoms with Crippen molar-refractivity contribution >= 4 is 18.3 Å². The first-order chi connectivity index (χ1) is 7.77. The van der Waals surface area contributed by atoms with Gasteiger partial charge in [-0.1, -0.05) is 30.3 Å². The molecule has 1 nitrogen and oxygen atoms in total. The zero-order valence-electron chi connectivity index (χ0n) is 9.02. The van der Waals surface area contributed by atoms with E-state index >= 15 is 0 Å². The number of nitrogen functional groups attached to an aromatic ring is 1. The molecule has 0 saturated carbocycles. The second-order valence-electron chi connectivity index (χ2n) is 3.10. The average Bonchev–Trinajstić information content (AvgIpc) is 2.32. The maximum Gasteiger partial charge on any atom is 0.123 e. The summed E-state index contributed by atoms with van der Waals surface area (Å²) in [6.07, 6.45) is 1.69. The maximum atomic E-state index is 12.9. The van der Waals surface area contributed by atoms with E-state index in [1.165, 1.54) is 12.1 Å². The number of nitrogens with two attached hydrogens (primary N) is 1. The predicted octanol–water partition coefficient (Wildman–Crippen LogP) is 3.62. The molecule has 2 rings (SSSR count). The third-order valence-electron chi connectivity index (χ3n) is 2.10. The van der Waals surface area contributed by atoms with Crippen LogP contribution in [0, 0.1) is 5.82 Å². The highest BCUT2D eigenvalue weighted by Crippen LogP contribution is 2.25. The third-order valence-corrected chi connectivity index (χ3v) is 2.10. The lowest BCUT2D eigenvalue weighted by Crippen LogP contribution is -1.89. The molecule has 0 atom stereocenters. The van der Waals surface area contributed by atoms with Gasteiger partial charge < -0.3 is 5.73 Å². The fraction of sp³-hybridized carbons (Fsp3) is 0.0769. The van der Waals surface area contributed by atoms with Gasteiger partial charge in [0.05, 0.1) is 0 Å². The van der Waals surface area contributed by atoms with E-state index in [1.54, 1.807) is 18.4 Å². The second kappa shape index (κ2) is 6.18. The monoisotopic (exact) mass is 235 g/mol. The Balaban J connectivity index is 0.000000606. The highest BCUT2D eigenvalue weighted by Gasteiger charge is 2.01. The number of hydrogen-bond donors (Lipinski definition) is 2. The summed E-state index contributed by atoms with van der Waals surface area (Å²) in [7, 11) is 0. The van der Waals surface area contributed by atoms with Crippen LogP contribution in [0.1, 0.15) is 0 Å². The summed E-state index contributed by atoms with van der Waals surface area (Å²) in [5.74, 6) is -0.245. The molecule has 3 heteroatoms. The molecule has 0 aliphatic rings. The van der Waals surface area contributed by atoms with Gasteiger partial charge in [-0.3, -0.25) is 0 Å². The molecule has 0 aliphatic heterocycles. The SMILES string of the molecule is CS.Nc1ccccc1-c1cccc(F)c1. The molecule has 0 unspecified atom stereocenters. The molecule has 2 N–H and O–H groups in total. The fourth-order valence-corrected chi connectivity index (χ4v) is 1.42. The second-order valence-corrected chi connectivity index (χ2v) is 3.10. The highest BCUT2D eigenvalue weighted by molar-refractivity contribution is 7.79. The summed E-state index contributed by atoms with van der Waals surface area (Å²) in [5, 5.41) is 0. The Morgan fingerprint density at radius 3 is 2.31 bits per heavy atom. The van der Waals surface area contributed by atoms with Crippen molar-refractivity contribution < 1.29 is 4.39 Å². The number of benzene rings is 2. The van der Waals surface area contributed by atoms with Gasteiger partial charge in [-0.05, 0) is 30.0 Å². The van der Waals surface area contributed by atoms with Gasteiger partial charge >= 0.3 is 0 Å². The van der Waals surface area contributed by atoms with Crippen LogP contribution in [0.2, 0.25) is 0 Å². The van der Waals surface area contributed by atoms with Crippen LogP contribution in [0.3, 0.4) is 0 Å². The van der Waals surface area contributed by atoms with Crippen LogP contribution in [0.25, 0.3) is 11.1 Å². The van der Waals surface area contributed by atoms with Crippen LogP contribution in [0.5, 0.6) is 0 Å². The third kappa shape index (κ3) is 3.00. The van der Waals surface area contributed by atoms with Gasteiger partial charge in [-0.15, -0.1) is 0 Å². The summed E-state index contributed by atoms with van der Waals surface area (Å²) >= 11 is 3.53. The van der Waals surface area contributed by atoms with E-state index in [9.17, 15) is 4.39 Å². The first kappa shape index (κ1) is 12.6. The lowest BCUT2D eigenvalue weighted by molar-refractivity contribution is 0.628. The topological polar surface area (TPSA) is 26.0 Å². The van der Waals surface area contributed by atoms with Crippen LogP contribution in [-0.2, 0) is 0 Å². The van der Waals surface area contributed by atoms with E-state index < -0.39 is 0 Å². The Morgan fingerprint density at radius 2 is 1.69 bits per heavy atom. The minimum atomic E-state index is -0.245. The lowest BCUT2D eigenvalue weighted by atomic mass is 10.0. The first-order valence-electron chi connectivity index (χ1n) is 4.82. The number of hydrogen-bond acceptors (Lipinski definition) is 2. The molecule has 0 radical (unpaired) electrons.